The van der Waals surface area contributed by atoms with Gasteiger partial charge in [0.15, 0.2) is 0 Å². The Balaban J connectivity index is 5.49. The van der Waals surface area contributed by atoms with Crippen LogP contribution in [-0.4, -0.2) is 36.8 Å². The standard InChI is InChI=1S/C17H30FN3/c1-9-10-16(19)17(12(2)3)15(6)21(20(7)8)11-13(4)14(5)18/h14H,2,4,6,9-11,19H2,1,3,5,7-8H3/b17-16+. The monoisotopic (exact) mass is 295 g/mol. The number of hydrazine groups is 1. The Bertz CT molecular complexity index is 433. The van der Waals surface area contributed by atoms with Crippen LogP contribution in [0.25, 0.3) is 0 Å². The molecule has 0 saturated heterocycles. The van der Waals surface area contributed by atoms with E-state index >= 15 is 0 Å². The van der Waals surface area contributed by atoms with Gasteiger partial charge in [-0.2, -0.15) is 0 Å². The van der Waals surface area contributed by atoms with Gasteiger partial charge in [-0.25, -0.2) is 9.40 Å². The lowest BCUT2D eigenvalue weighted by atomic mass is 10.0. The van der Waals surface area contributed by atoms with Gasteiger partial charge in [-0.3, -0.25) is 0 Å². The highest BCUT2D eigenvalue weighted by Crippen LogP contribution is 2.25. The second-order valence-electron chi connectivity index (χ2n) is 5.56. The van der Waals surface area contributed by atoms with Crippen molar-refractivity contribution in [3.63, 3.8) is 0 Å². The lowest BCUT2D eigenvalue weighted by Gasteiger charge is -2.35. The Morgan fingerprint density at radius 2 is 1.76 bits per heavy atom. The Labute approximate surface area is 129 Å². The van der Waals surface area contributed by atoms with Gasteiger partial charge in [0, 0.05) is 25.4 Å². The van der Waals surface area contributed by atoms with Gasteiger partial charge < -0.3 is 10.7 Å². The highest BCUT2D eigenvalue weighted by atomic mass is 19.1. The van der Waals surface area contributed by atoms with Crippen molar-refractivity contribution >= 4 is 0 Å². The normalized spacial score (nSPS) is 13.7. The van der Waals surface area contributed by atoms with Crippen LogP contribution < -0.4 is 5.73 Å². The summed E-state index contributed by atoms with van der Waals surface area (Å²) in [7, 11) is 3.76. The molecule has 0 aromatic carbocycles. The van der Waals surface area contributed by atoms with Crippen molar-refractivity contribution in [2.45, 2.75) is 39.8 Å². The molecule has 2 N–H and O–H groups in total. The summed E-state index contributed by atoms with van der Waals surface area (Å²) >= 11 is 0. The fraction of sp³-hybridized carbons (Fsp3) is 0.529. The van der Waals surface area contributed by atoms with Crippen LogP contribution in [0.15, 0.2) is 47.9 Å². The minimum absolute atomic E-state index is 0.361. The molecule has 21 heavy (non-hydrogen) atoms. The van der Waals surface area contributed by atoms with Gasteiger partial charge in [0.2, 0.25) is 0 Å². The maximum atomic E-state index is 13.4. The van der Waals surface area contributed by atoms with E-state index in [0.29, 0.717) is 12.1 Å². The van der Waals surface area contributed by atoms with Gasteiger partial charge >= 0.3 is 0 Å². The van der Waals surface area contributed by atoms with Gasteiger partial charge in [-0.1, -0.05) is 33.1 Å². The molecule has 0 aromatic rings. The maximum absolute atomic E-state index is 13.4. The molecule has 0 aliphatic heterocycles. The van der Waals surface area contributed by atoms with Crippen molar-refractivity contribution in [3.8, 4) is 0 Å². The van der Waals surface area contributed by atoms with E-state index in [1.807, 2.05) is 31.0 Å². The summed E-state index contributed by atoms with van der Waals surface area (Å²) in [6.07, 6.45) is 0.667. The summed E-state index contributed by atoms with van der Waals surface area (Å²) in [6.45, 7) is 17.7. The quantitative estimate of drug-likeness (QED) is 0.399. The molecule has 0 fully saturated rings. The molecule has 0 radical (unpaired) electrons. The molecule has 0 amide bonds. The molecule has 0 bridgehead atoms. The van der Waals surface area contributed by atoms with E-state index < -0.39 is 6.17 Å². The number of nitrogens with zero attached hydrogens (tertiary/aromatic N) is 2. The first-order chi connectivity index (χ1) is 9.63. The largest absolute Gasteiger partial charge is 0.401 e. The van der Waals surface area contributed by atoms with Crippen molar-refractivity contribution < 1.29 is 4.39 Å². The zero-order valence-corrected chi connectivity index (χ0v) is 14.2. The highest BCUT2D eigenvalue weighted by Gasteiger charge is 2.19. The Hall–Kier alpha value is -1.55. The van der Waals surface area contributed by atoms with E-state index in [2.05, 4.69) is 26.7 Å². The van der Waals surface area contributed by atoms with Crippen molar-refractivity contribution in [3.05, 3.63) is 47.9 Å². The van der Waals surface area contributed by atoms with Crippen molar-refractivity contribution in [2.24, 2.45) is 5.73 Å². The van der Waals surface area contributed by atoms with Crippen LogP contribution in [0, 0.1) is 0 Å². The van der Waals surface area contributed by atoms with Gasteiger partial charge in [0.1, 0.15) is 6.17 Å². The first-order valence-electron chi connectivity index (χ1n) is 7.23. The second-order valence-corrected chi connectivity index (χ2v) is 5.56. The predicted octanol–water partition coefficient (Wildman–Crippen LogP) is 3.78. The maximum Gasteiger partial charge on any atom is 0.120 e. The van der Waals surface area contributed by atoms with Gasteiger partial charge in [-0.15, -0.1) is 0 Å². The molecule has 4 heteroatoms. The summed E-state index contributed by atoms with van der Waals surface area (Å²) in [5.74, 6) is 0. The first-order valence-corrected chi connectivity index (χ1v) is 7.23. The number of allylic oxidation sites excluding steroid dienone is 2. The van der Waals surface area contributed by atoms with Gasteiger partial charge in [0.05, 0.1) is 12.2 Å². The molecule has 1 atom stereocenters. The van der Waals surface area contributed by atoms with Crippen LogP contribution in [0.1, 0.15) is 33.6 Å². The molecule has 0 aromatic heterocycles. The fourth-order valence-corrected chi connectivity index (χ4v) is 2.03. The molecule has 0 heterocycles. The minimum Gasteiger partial charge on any atom is -0.401 e. The van der Waals surface area contributed by atoms with E-state index in [4.69, 9.17) is 5.73 Å². The molecule has 0 saturated carbocycles. The topological polar surface area (TPSA) is 32.5 Å². The van der Waals surface area contributed by atoms with Crippen LogP contribution in [0.4, 0.5) is 4.39 Å². The van der Waals surface area contributed by atoms with Crippen LogP contribution in [0.5, 0.6) is 0 Å². The lowest BCUT2D eigenvalue weighted by Crippen LogP contribution is -2.39. The van der Waals surface area contributed by atoms with Crippen molar-refractivity contribution in [2.75, 3.05) is 20.6 Å². The average Bonchev–Trinajstić information content (AvgIpc) is 2.34. The van der Waals surface area contributed by atoms with Crippen molar-refractivity contribution in [1.29, 1.82) is 0 Å². The summed E-state index contributed by atoms with van der Waals surface area (Å²) < 4.78 is 13.4. The third kappa shape index (κ3) is 5.76. The van der Waals surface area contributed by atoms with E-state index in [1.54, 1.807) is 0 Å². The van der Waals surface area contributed by atoms with Gasteiger partial charge in [0.25, 0.3) is 0 Å². The average molecular weight is 295 g/mol. The van der Waals surface area contributed by atoms with Gasteiger partial charge in [-0.05, 0) is 31.4 Å². The molecule has 0 aliphatic rings. The SMILES string of the molecule is C=C(C)/C(C(=C)N(CC(=C)C(C)F)N(C)C)=C(\N)CCC. The summed E-state index contributed by atoms with van der Waals surface area (Å²) in [5.41, 5.74) is 9.87. The number of hydrogen-bond donors (Lipinski definition) is 1. The van der Waals surface area contributed by atoms with Crippen LogP contribution in [-0.2, 0) is 0 Å². The van der Waals surface area contributed by atoms with Crippen LogP contribution >= 0.6 is 0 Å². The molecular formula is C17H30FN3. The Morgan fingerprint density at radius 1 is 1.24 bits per heavy atom. The number of alkyl halides is 1. The van der Waals surface area contributed by atoms with E-state index in [0.717, 1.165) is 35.4 Å². The molecular weight excluding hydrogens is 265 g/mol. The number of hydrogen-bond acceptors (Lipinski definition) is 3. The summed E-state index contributed by atoms with van der Waals surface area (Å²) in [5, 5.41) is 3.73. The van der Waals surface area contributed by atoms with E-state index in [1.165, 1.54) is 6.92 Å². The zero-order valence-electron chi connectivity index (χ0n) is 14.2. The summed E-state index contributed by atoms with van der Waals surface area (Å²) in [4.78, 5) is 0. The van der Waals surface area contributed by atoms with E-state index in [-0.39, 0.29) is 0 Å². The predicted molar refractivity (Wildman–Crippen MR) is 90.2 cm³/mol. The van der Waals surface area contributed by atoms with Crippen molar-refractivity contribution in [1.82, 2.24) is 10.0 Å². The summed E-state index contributed by atoms with van der Waals surface area (Å²) in [6, 6.07) is 0. The third-order valence-electron chi connectivity index (χ3n) is 3.27. The van der Waals surface area contributed by atoms with Crippen LogP contribution in [0.2, 0.25) is 0 Å². The lowest BCUT2D eigenvalue weighted by molar-refractivity contribution is 0.0771. The second kappa shape index (κ2) is 8.67. The van der Waals surface area contributed by atoms with E-state index in [9.17, 15) is 4.39 Å². The fourth-order valence-electron chi connectivity index (χ4n) is 2.03. The smallest absolute Gasteiger partial charge is 0.120 e. The molecule has 0 rings (SSSR count). The Morgan fingerprint density at radius 3 is 2.10 bits per heavy atom. The highest BCUT2D eigenvalue weighted by molar-refractivity contribution is 5.45. The number of halogens is 1. The first kappa shape index (κ1) is 19.4. The molecule has 3 nitrogen and oxygen atoms in total. The number of nitrogens with two attached hydrogens (primary N) is 1. The number of rotatable bonds is 9. The minimum atomic E-state index is -1.06. The molecule has 0 spiro atoms. The van der Waals surface area contributed by atoms with Crippen LogP contribution in [0.3, 0.4) is 0 Å². The third-order valence-corrected chi connectivity index (χ3v) is 3.27. The zero-order chi connectivity index (χ0) is 16.7. The molecule has 120 valence electrons. The molecule has 0 aliphatic carbocycles. The Kier molecular flexibility index (Phi) is 8.03. The molecule has 1 unspecified atom stereocenters.